The molecule has 0 aliphatic heterocycles. The molecule has 5 heteroatoms. The molecular formula is C15H24F2N2O. The van der Waals surface area contributed by atoms with E-state index in [0.717, 1.165) is 13.0 Å². The van der Waals surface area contributed by atoms with Crippen molar-refractivity contribution in [1.82, 2.24) is 5.32 Å². The van der Waals surface area contributed by atoms with Gasteiger partial charge in [-0.3, -0.25) is 0 Å². The minimum absolute atomic E-state index is 0.00365. The monoisotopic (exact) mass is 286 g/mol. The summed E-state index contributed by atoms with van der Waals surface area (Å²) in [5.41, 5.74) is 0.624. The van der Waals surface area contributed by atoms with Crippen molar-refractivity contribution < 1.29 is 13.5 Å². The lowest BCUT2D eigenvalue weighted by Gasteiger charge is -2.21. The molecule has 0 aromatic heterocycles. The Labute approximate surface area is 119 Å². The highest BCUT2D eigenvalue weighted by Gasteiger charge is 2.15. The van der Waals surface area contributed by atoms with Crippen molar-refractivity contribution in [3.63, 3.8) is 0 Å². The highest BCUT2D eigenvalue weighted by atomic mass is 19.1. The van der Waals surface area contributed by atoms with Crippen LogP contribution in [0.15, 0.2) is 12.1 Å². The maximum Gasteiger partial charge on any atom is 0.149 e. The van der Waals surface area contributed by atoms with Crippen LogP contribution in [-0.2, 0) is 11.3 Å². The summed E-state index contributed by atoms with van der Waals surface area (Å²) >= 11 is 0. The predicted octanol–water partition coefficient (Wildman–Crippen LogP) is 2.94. The number of hydrogen-bond donors (Lipinski definition) is 1. The topological polar surface area (TPSA) is 24.5 Å². The Bertz CT molecular complexity index is 390. The van der Waals surface area contributed by atoms with Gasteiger partial charge in [-0.25, -0.2) is 8.78 Å². The zero-order valence-corrected chi connectivity index (χ0v) is 12.5. The summed E-state index contributed by atoms with van der Waals surface area (Å²) < 4.78 is 33.3. The average molecular weight is 286 g/mol. The lowest BCUT2D eigenvalue weighted by Crippen LogP contribution is -2.25. The van der Waals surface area contributed by atoms with E-state index in [1.54, 1.807) is 11.9 Å². The lowest BCUT2D eigenvalue weighted by atomic mass is 10.1. The van der Waals surface area contributed by atoms with E-state index >= 15 is 0 Å². The number of rotatable bonds is 9. The highest BCUT2D eigenvalue weighted by molar-refractivity contribution is 5.50. The van der Waals surface area contributed by atoms with Gasteiger partial charge in [-0.15, -0.1) is 0 Å². The van der Waals surface area contributed by atoms with Crippen molar-refractivity contribution in [3.05, 3.63) is 29.3 Å². The van der Waals surface area contributed by atoms with E-state index < -0.39 is 11.6 Å². The maximum absolute atomic E-state index is 14.0. The van der Waals surface area contributed by atoms with E-state index in [4.69, 9.17) is 4.74 Å². The largest absolute Gasteiger partial charge is 0.380 e. The second-order valence-corrected chi connectivity index (χ2v) is 4.70. The van der Waals surface area contributed by atoms with Gasteiger partial charge in [0.15, 0.2) is 0 Å². The average Bonchev–Trinajstić information content (AvgIpc) is 2.38. The molecular weight excluding hydrogens is 262 g/mol. The number of ether oxygens (including phenoxy) is 1. The van der Waals surface area contributed by atoms with Crippen LogP contribution in [0.4, 0.5) is 14.5 Å². The van der Waals surface area contributed by atoms with Crippen molar-refractivity contribution in [1.29, 1.82) is 0 Å². The normalized spacial score (nSPS) is 10.8. The molecule has 0 atom stereocenters. The van der Waals surface area contributed by atoms with E-state index in [0.29, 0.717) is 31.9 Å². The van der Waals surface area contributed by atoms with Gasteiger partial charge in [-0.2, -0.15) is 0 Å². The van der Waals surface area contributed by atoms with E-state index in [1.807, 2.05) is 13.8 Å². The van der Waals surface area contributed by atoms with Crippen LogP contribution < -0.4 is 10.2 Å². The Morgan fingerprint density at radius 3 is 2.40 bits per heavy atom. The molecule has 0 heterocycles. The number of halogens is 2. The van der Waals surface area contributed by atoms with Crippen LogP contribution in [0.1, 0.15) is 25.8 Å². The molecule has 114 valence electrons. The van der Waals surface area contributed by atoms with Crippen LogP contribution in [0.25, 0.3) is 0 Å². The molecule has 1 aromatic rings. The Balaban J connectivity index is 2.72. The number of likely N-dealkylation sites (N-methyl/N-ethyl adjacent to an activating group) is 1. The first-order valence-electron chi connectivity index (χ1n) is 7.07. The van der Waals surface area contributed by atoms with Gasteiger partial charge in [0.05, 0.1) is 6.61 Å². The molecule has 1 N–H and O–H groups in total. The zero-order valence-electron chi connectivity index (χ0n) is 12.5. The zero-order chi connectivity index (χ0) is 15.0. The van der Waals surface area contributed by atoms with Gasteiger partial charge in [0.1, 0.15) is 17.3 Å². The van der Waals surface area contributed by atoms with Crippen LogP contribution >= 0.6 is 0 Å². The molecule has 0 aliphatic carbocycles. The van der Waals surface area contributed by atoms with Gasteiger partial charge in [-0.1, -0.05) is 6.92 Å². The molecule has 0 unspecified atom stereocenters. The van der Waals surface area contributed by atoms with Crippen LogP contribution in [-0.4, -0.2) is 33.4 Å². The smallest absolute Gasteiger partial charge is 0.149 e. The minimum Gasteiger partial charge on any atom is -0.380 e. The molecule has 1 rings (SSSR count). The van der Waals surface area contributed by atoms with Crippen LogP contribution in [0.2, 0.25) is 0 Å². The minimum atomic E-state index is -0.530. The van der Waals surface area contributed by atoms with Crippen LogP contribution in [0.5, 0.6) is 0 Å². The molecule has 20 heavy (non-hydrogen) atoms. The molecule has 0 saturated heterocycles. The van der Waals surface area contributed by atoms with Gasteiger partial charge in [0, 0.05) is 26.7 Å². The first kappa shape index (κ1) is 16.9. The summed E-state index contributed by atoms with van der Waals surface area (Å²) in [6.45, 7) is 6.75. The molecule has 0 bridgehead atoms. The number of anilines is 1. The Morgan fingerprint density at radius 2 is 1.85 bits per heavy atom. The Kier molecular flexibility index (Phi) is 7.47. The molecule has 1 aromatic carbocycles. The second kappa shape index (κ2) is 8.87. The van der Waals surface area contributed by atoms with Crippen LogP contribution in [0, 0.1) is 11.6 Å². The molecule has 3 nitrogen and oxygen atoms in total. The van der Waals surface area contributed by atoms with E-state index in [2.05, 4.69) is 5.32 Å². The van der Waals surface area contributed by atoms with Crippen LogP contribution in [0.3, 0.4) is 0 Å². The lowest BCUT2D eigenvalue weighted by molar-refractivity contribution is 0.154. The summed E-state index contributed by atoms with van der Waals surface area (Å²) in [5.74, 6) is -1.06. The number of nitrogens with zero attached hydrogens (tertiary/aromatic N) is 1. The number of nitrogens with one attached hydrogen (secondary N) is 1. The number of hydrogen-bond acceptors (Lipinski definition) is 3. The first-order valence-corrected chi connectivity index (χ1v) is 7.07. The molecule has 0 saturated carbocycles. The first-order chi connectivity index (χ1) is 9.60. The van der Waals surface area contributed by atoms with E-state index in [1.165, 1.54) is 12.1 Å². The summed E-state index contributed by atoms with van der Waals surface area (Å²) in [6.07, 6.45) is 0.989. The molecule has 0 aliphatic rings. The highest BCUT2D eigenvalue weighted by Crippen LogP contribution is 2.24. The maximum atomic E-state index is 14.0. The van der Waals surface area contributed by atoms with E-state index in [-0.39, 0.29) is 5.69 Å². The summed E-state index contributed by atoms with van der Waals surface area (Å²) in [5, 5.41) is 3.13. The summed E-state index contributed by atoms with van der Waals surface area (Å²) in [6, 6.07) is 2.77. The predicted molar refractivity (Wildman–Crippen MR) is 78.1 cm³/mol. The fraction of sp³-hybridized carbons (Fsp3) is 0.600. The second-order valence-electron chi connectivity index (χ2n) is 4.70. The van der Waals surface area contributed by atoms with E-state index in [9.17, 15) is 8.78 Å². The van der Waals surface area contributed by atoms with Gasteiger partial charge in [0.25, 0.3) is 0 Å². The summed E-state index contributed by atoms with van der Waals surface area (Å²) in [7, 11) is 1.66. The van der Waals surface area contributed by atoms with Crippen molar-refractivity contribution in [2.24, 2.45) is 0 Å². The van der Waals surface area contributed by atoms with Crippen molar-refractivity contribution in [3.8, 4) is 0 Å². The van der Waals surface area contributed by atoms with Gasteiger partial charge < -0.3 is 15.0 Å². The molecule has 0 fully saturated rings. The molecule has 0 spiro atoms. The summed E-state index contributed by atoms with van der Waals surface area (Å²) in [4.78, 5) is 1.55. The fourth-order valence-electron chi connectivity index (χ4n) is 1.95. The fourth-order valence-corrected chi connectivity index (χ4v) is 1.95. The van der Waals surface area contributed by atoms with Crippen molar-refractivity contribution in [2.75, 3.05) is 38.3 Å². The third kappa shape index (κ3) is 5.06. The third-order valence-electron chi connectivity index (χ3n) is 2.99. The SMILES string of the molecule is CCCNCc1cc(F)c(N(C)CCOCC)c(F)c1. The van der Waals surface area contributed by atoms with Gasteiger partial charge in [0.2, 0.25) is 0 Å². The van der Waals surface area contributed by atoms with Crippen molar-refractivity contribution in [2.45, 2.75) is 26.8 Å². The number of benzene rings is 1. The van der Waals surface area contributed by atoms with Crippen molar-refractivity contribution >= 4 is 5.69 Å². The molecule has 0 amide bonds. The van der Waals surface area contributed by atoms with Gasteiger partial charge in [-0.05, 0) is 37.6 Å². The van der Waals surface area contributed by atoms with Gasteiger partial charge >= 0.3 is 0 Å². The quantitative estimate of drug-likeness (QED) is 0.706. The third-order valence-corrected chi connectivity index (χ3v) is 2.99. The standard InChI is InChI=1S/C15H24F2N2O/c1-4-6-18-11-12-9-13(16)15(14(17)10-12)19(3)7-8-20-5-2/h9-10,18H,4-8,11H2,1-3H3. The Morgan fingerprint density at radius 1 is 1.20 bits per heavy atom. The molecule has 0 radical (unpaired) electrons. The Hall–Kier alpha value is -1.20.